The Hall–Kier alpha value is -2.74. The number of carboxylic acid groups (broad SMARTS) is 1. The van der Waals surface area contributed by atoms with Gasteiger partial charge in [0, 0.05) is 11.3 Å². The molecule has 0 bridgehead atoms. The fourth-order valence-electron chi connectivity index (χ4n) is 2.50. The number of hydrogen-bond acceptors (Lipinski definition) is 5. The maximum absolute atomic E-state index is 12.1. The molecule has 2 aromatic rings. The summed E-state index contributed by atoms with van der Waals surface area (Å²) < 4.78 is 5.30. The minimum absolute atomic E-state index is 0.0241. The second kappa shape index (κ2) is 7.02. The summed E-state index contributed by atoms with van der Waals surface area (Å²) in [5.41, 5.74) is 0.824. The predicted octanol–water partition coefficient (Wildman–Crippen LogP) is 2.41. The maximum atomic E-state index is 12.1. The van der Waals surface area contributed by atoms with E-state index in [9.17, 15) is 14.4 Å². The molecule has 3 N–H and O–H groups in total. The summed E-state index contributed by atoms with van der Waals surface area (Å²) in [6, 6.07) is 8.80. The van der Waals surface area contributed by atoms with Crippen LogP contribution in [0, 0.1) is 6.92 Å². The smallest absolute Gasteiger partial charge is 0.339 e. The van der Waals surface area contributed by atoms with Crippen LogP contribution in [0.15, 0.2) is 39.6 Å². The quantitative estimate of drug-likeness (QED) is 0.755. The van der Waals surface area contributed by atoms with Crippen LogP contribution in [0.3, 0.4) is 0 Å². The predicted molar refractivity (Wildman–Crippen MR) is 91.6 cm³/mol. The van der Waals surface area contributed by atoms with Gasteiger partial charge in [0.1, 0.15) is 17.1 Å². The number of aromatic carboxylic acids is 1. The van der Waals surface area contributed by atoms with Crippen LogP contribution in [0.2, 0.25) is 0 Å². The first kappa shape index (κ1) is 17.1. The van der Waals surface area contributed by atoms with Gasteiger partial charge in [0.25, 0.3) is 0 Å². The summed E-state index contributed by atoms with van der Waals surface area (Å²) in [4.78, 5) is 36.1. The number of para-hydroxylation sites is 1. The zero-order chi connectivity index (χ0) is 18.0. The molecular weight excluding hydrogens is 344 g/mol. The third-order valence-electron chi connectivity index (χ3n) is 3.74. The first-order chi connectivity index (χ1) is 11.9. The van der Waals surface area contributed by atoms with Crippen molar-refractivity contribution in [2.24, 2.45) is 0 Å². The van der Waals surface area contributed by atoms with Crippen molar-refractivity contribution in [3.63, 3.8) is 0 Å². The normalized spacial score (nSPS) is 16.0. The molecule has 8 heteroatoms. The molecule has 0 radical (unpaired) electrons. The van der Waals surface area contributed by atoms with Crippen LogP contribution in [-0.4, -0.2) is 28.1 Å². The third-order valence-corrected chi connectivity index (χ3v) is 5.01. The number of benzene rings is 1. The van der Waals surface area contributed by atoms with Gasteiger partial charge in [-0.3, -0.25) is 9.59 Å². The monoisotopic (exact) mass is 360 g/mol. The molecule has 0 fully saturated rings. The second-order valence-corrected chi connectivity index (χ2v) is 6.81. The average molecular weight is 360 g/mol. The summed E-state index contributed by atoms with van der Waals surface area (Å²) in [7, 11) is 0. The maximum Gasteiger partial charge on any atom is 0.339 e. The number of furan rings is 1. The van der Waals surface area contributed by atoms with E-state index in [1.54, 1.807) is 6.92 Å². The first-order valence-corrected chi connectivity index (χ1v) is 8.48. The van der Waals surface area contributed by atoms with E-state index in [0.717, 1.165) is 10.6 Å². The van der Waals surface area contributed by atoms with Crippen LogP contribution in [0.1, 0.15) is 28.3 Å². The van der Waals surface area contributed by atoms with Gasteiger partial charge in [0.15, 0.2) is 0 Å². The molecule has 0 aliphatic carbocycles. The molecule has 0 saturated carbocycles. The Morgan fingerprint density at radius 1 is 1.36 bits per heavy atom. The summed E-state index contributed by atoms with van der Waals surface area (Å²) in [6.07, 6.45) is 0.0241. The zero-order valence-corrected chi connectivity index (χ0v) is 14.2. The number of aryl methyl sites for hydroxylation is 1. The van der Waals surface area contributed by atoms with E-state index in [-0.39, 0.29) is 36.1 Å². The minimum Gasteiger partial charge on any atom is -0.478 e. The number of thioether (sulfide) groups is 1. The number of amides is 2. The lowest BCUT2D eigenvalue weighted by molar-refractivity contribution is -0.124. The first-order valence-electron chi connectivity index (χ1n) is 7.60. The topological polar surface area (TPSA) is 109 Å². The molecule has 1 aromatic heterocycles. The number of rotatable bonds is 5. The Balaban J connectivity index is 1.57. The van der Waals surface area contributed by atoms with Crippen molar-refractivity contribution >= 4 is 35.2 Å². The van der Waals surface area contributed by atoms with Crippen molar-refractivity contribution in [2.45, 2.75) is 30.0 Å². The van der Waals surface area contributed by atoms with Crippen LogP contribution in [-0.2, 0) is 16.1 Å². The van der Waals surface area contributed by atoms with E-state index in [4.69, 9.17) is 9.52 Å². The average Bonchev–Trinajstić information content (AvgIpc) is 2.95. The van der Waals surface area contributed by atoms with E-state index in [2.05, 4.69) is 10.6 Å². The van der Waals surface area contributed by atoms with Crippen molar-refractivity contribution in [3.05, 3.63) is 47.4 Å². The van der Waals surface area contributed by atoms with E-state index >= 15 is 0 Å². The Kier molecular flexibility index (Phi) is 4.80. The SMILES string of the molecule is Cc1oc(CNC(=O)C[C@H]2Sc3ccccc3NC2=O)cc1C(=O)O. The lowest BCUT2D eigenvalue weighted by Gasteiger charge is -2.23. The standard InChI is InChI=1S/C17H16N2O5S/c1-9-11(17(22)23)6-10(24-9)8-18-15(20)7-14-16(21)19-12-4-2-3-5-13(12)25-14/h2-6,14H,7-8H2,1H3,(H,18,20)(H,19,21)(H,22,23)/t14-/m1/s1. The molecule has 1 aliphatic heterocycles. The number of carbonyl (C=O) groups is 3. The Morgan fingerprint density at radius 2 is 2.12 bits per heavy atom. The van der Waals surface area contributed by atoms with Crippen LogP contribution in [0.5, 0.6) is 0 Å². The van der Waals surface area contributed by atoms with Crippen molar-refractivity contribution in [2.75, 3.05) is 5.32 Å². The van der Waals surface area contributed by atoms with Gasteiger partial charge in [-0.1, -0.05) is 12.1 Å². The van der Waals surface area contributed by atoms with E-state index in [1.165, 1.54) is 17.8 Å². The molecule has 130 valence electrons. The van der Waals surface area contributed by atoms with Crippen molar-refractivity contribution in [3.8, 4) is 0 Å². The number of carboxylic acids is 1. The minimum atomic E-state index is -1.08. The Bertz CT molecular complexity index is 845. The molecule has 1 atom stereocenters. The van der Waals surface area contributed by atoms with Gasteiger partial charge in [-0.05, 0) is 25.1 Å². The van der Waals surface area contributed by atoms with Gasteiger partial charge < -0.3 is 20.2 Å². The van der Waals surface area contributed by atoms with Crippen LogP contribution in [0.4, 0.5) is 5.69 Å². The van der Waals surface area contributed by atoms with Gasteiger partial charge in [-0.25, -0.2) is 4.79 Å². The lowest BCUT2D eigenvalue weighted by atomic mass is 10.2. The summed E-state index contributed by atoms with van der Waals surface area (Å²) >= 11 is 1.35. The third kappa shape index (κ3) is 3.85. The highest BCUT2D eigenvalue weighted by Crippen LogP contribution is 2.36. The molecule has 2 amide bonds. The van der Waals surface area contributed by atoms with Gasteiger partial charge in [-0.15, -0.1) is 11.8 Å². The molecule has 1 aliphatic rings. The van der Waals surface area contributed by atoms with E-state index in [0.29, 0.717) is 5.76 Å². The second-order valence-electron chi connectivity index (χ2n) is 5.56. The number of hydrogen-bond donors (Lipinski definition) is 3. The summed E-state index contributed by atoms with van der Waals surface area (Å²) in [6.45, 7) is 1.62. The summed E-state index contributed by atoms with van der Waals surface area (Å²) in [5.74, 6) is -0.948. The Morgan fingerprint density at radius 3 is 2.84 bits per heavy atom. The van der Waals surface area contributed by atoms with Crippen molar-refractivity contribution in [1.82, 2.24) is 5.32 Å². The molecule has 0 saturated heterocycles. The molecule has 7 nitrogen and oxygen atoms in total. The van der Waals surface area contributed by atoms with Gasteiger partial charge in [-0.2, -0.15) is 0 Å². The zero-order valence-electron chi connectivity index (χ0n) is 13.4. The fourth-order valence-corrected chi connectivity index (χ4v) is 3.61. The number of nitrogens with one attached hydrogen (secondary N) is 2. The van der Waals surface area contributed by atoms with Gasteiger partial charge >= 0.3 is 5.97 Å². The fraction of sp³-hybridized carbons (Fsp3) is 0.235. The largest absolute Gasteiger partial charge is 0.478 e. The molecule has 25 heavy (non-hydrogen) atoms. The highest BCUT2D eigenvalue weighted by Gasteiger charge is 2.28. The summed E-state index contributed by atoms with van der Waals surface area (Å²) in [5, 5.41) is 13.9. The number of carbonyl (C=O) groups excluding carboxylic acids is 2. The lowest BCUT2D eigenvalue weighted by Crippen LogP contribution is -2.34. The highest BCUT2D eigenvalue weighted by atomic mass is 32.2. The molecule has 0 spiro atoms. The van der Waals surface area contributed by atoms with Crippen LogP contribution in [0.25, 0.3) is 0 Å². The van der Waals surface area contributed by atoms with E-state index < -0.39 is 11.2 Å². The number of fused-ring (bicyclic) bond motifs is 1. The Labute approximate surface area is 147 Å². The van der Waals surface area contributed by atoms with Crippen molar-refractivity contribution in [1.29, 1.82) is 0 Å². The molecule has 2 heterocycles. The molecule has 1 aromatic carbocycles. The highest BCUT2D eigenvalue weighted by molar-refractivity contribution is 8.01. The molecule has 3 rings (SSSR count). The molecule has 0 unspecified atom stereocenters. The van der Waals surface area contributed by atoms with E-state index in [1.807, 2.05) is 24.3 Å². The molecular formula is C17H16N2O5S. The van der Waals surface area contributed by atoms with Crippen molar-refractivity contribution < 1.29 is 23.9 Å². The number of anilines is 1. The van der Waals surface area contributed by atoms with Gasteiger partial charge in [0.05, 0.1) is 17.5 Å². The van der Waals surface area contributed by atoms with Crippen LogP contribution >= 0.6 is 11.8 Å². The van der Waals surface area contributed by atoms with Crippen LogP contribution < -0.4 is 10.6 Å². The van der Waals surface area contributed by atoms with Gasteiger partial charge in [0.2, 0.25) is 11.8 Å².